The molecule has 17 heavy (non-hydrogen) atoms. The highest BCUT2D eigenvalue weighted by Crippen LogP contribution is 2.18. The number of hydrogen-bond donors (Lipinski definition) is 2. The van der Waals surface area contributed by atoms with Crippen molar-refractivity contribution in [2.75, 3.05) is 0 Å². The number of aryl methyl sites for hydroxylation is 1. The van der Waals surface area contributed by atoms with Crippen molar-refractivity contribution < 1.29 is 9.90 Å². The SMILES string of the molecule is O=C(CCc1cncs1)N[C@@H]1CCCC[C@H]1O. The van der Waals surface area contributed by atoms with Gasteiger partial charge in [-0.3, -0.25) is 9.78 Å². The number of aliphatic hydroxyl groups is 1. The van der Waals surface area contributed by atoms with Crippen molar-refractivity contribution in [3.63, 3.8) is 0 Å². The first kappa shape index (κ1) is 12.5. The monoisotopic (exact) mass is 254 g/mol. The summed E-state index contributed by atoms with van der Waals surface area (Å²) in [4.78, 5) is 16.8. The smallest absolute Gasteiger partial charge is 0.220 e. The molecule has 0 radical (unpaired) electrons. The molecule has 1 saturated carbocycles. The molecule has 94 valence electrons. The van der Waals surface area contributed by atoms with E-state index in [9.17, 15) is 9.90 Å². The van der Waals surface area contributed by atoms with Crippen molar-refractivity contribution >= 4 is 17.2 Å². The molecule has 1 aromatic heterocycles. The van der Waals surface area contributed by atoms with Crippen LogP contribution in [0.2, 0.25) is 0 Å². The van der Waals surface area contributed by atoms with Crippen molar-refractivity contribution in [3.8, 4) is 0 Å². The number of rotatable bonds is 4. The molecule has 2 atom stereocenters. The van der Waals surface area contributed by atoms with E-state index in [-0.39, 0.29) is 18.1 Å². The van der Waals surface area contributed by atoms with E-state index in [1.165, 1.54) is 0 Å². The van der Waals surface area contributed by atoms with Gasteiger partial charge >= 0.3 is 0 Å². The van der Waals surface area contributed by atoms with Crippen LogP contribution in [0.25, 0.3) is 0 Å². The first-order chi connectivity index (χ1) is 8.25. The molecule has 1 aromatic rings. The second-order valence-electron chi connectivity index (χ2n) is 4.49. The fourth-order valence-corrected chi connectivity index (χ4v) is 2.76. The minimum atomic E-state index is -0.365. The maximum atomic E-state index is 11.7. The van der Waals surface area contributed by atoms with Crippen LogP contribution in [0.1, 0.15) is 37.0 Å². The highest BCUT2D eigenvalue weighted by molar-refractivity contribution is 7.09. The Labute approximate surface area is 105 Å². The average Bonchev–Trinajstić information content (AvgIpc) is 2.82. The topological polar surface area (TPSA) is 62.2 Å². The van der Waals surface area contributed by atoms with E-state index in [0.717, 1.165) is 37.0 Å². The summed E-state index contributed by atoms with van der Waals surface area (Å²) in [6, 6.07) is -0.0438. The molecule has 5 heteroatoms. The van der Waals surface area contributed by atoms with Crippen LogP contribution >= 0.6 is 11.3 Å². The largest absolute Gasteiger partial charge is 0.391 e. The third-order valence-corrected chi connectivity index (χ3v) is 4.00. The fourth-order valence-electron chi connectivity index (χ4n) is 2.16. The number of thiazole rings is 1. The molecule has 1 aliphatic carbocycles. The van der Waals surface area contributed by atoms with E-state index in [4.69, 9.17) is 0 Å². The molecule has 4 nitrogen and oxygen atoms in total. The van der Waals surface area contributed by atoms with Gasteiger partial charge in [0.2, 0.25) is 5.91 Å². The number of nitrogens with one attached hydrogen (secondary N) is 1. The Hall–Kier alpha value is -0.940. The number of carbonyl (C=O) groups excluding carboxylic acids is 1. The summed E-state index contributed by atoms with van der Waals surface area (Å²) in [6.45, 7) is 0. The number of nitrogens with zero attached hydrogens (tertiary/aromatic N) is 1. The van der Waals surface area contributed by atoms with Crippen LogP contribution in [0.5, 0.6) is 0 Å². The van der Waals surface area contributed by atoms with Crippen LogP contribution in [-0.4, -0.2) is 28.1 Å². The summed E-state index contributed by atoms with van der Waals surface area (Å²) in [6.07, 6.45) is 6.51. The van der Waals surface area contributed by atoms with Crippen LogP contribution in [0.15, 0.2) is 11.7 Å². The lowest BCUT2D eigenvalue weighted by atomic mass is 9.92. The summed E-state index contributed by atoms with van der Waals surface area (Å²) in [5.41, 5.74) is 1.78. The van der Waals surface area contributed by atoms with Crippen molar-refractivity contribution in [2.45, 2.75) is 50.7 Å². The molecule has 2 rings (SSSR count). The Morgan fingerprint density at radius 2 is 2.35 bits per heavy atom. The quantitative estimate of drug-likeness (QED) is 0.856. The minimum Gasteiger partial charge on any atom is -0.391 e. The zero-order valence-corrected chi connectivity index (χ0v) is 10.6. The molecule has 0 aromatic carbocycles. The van der Waals surface area contributed by atoms with Gasteiger partial charge in [-0.1, -0.05) is 12.8 Å². The maximum Gasteiger partial charge on any atom is 0.220 e. The van der Waals surface area contributed by atoms with Crippen molar-refractivity contribution in [3.05, 3.63) is 16.6 Å². The third-order valence-electron chi connectivity index (χ3n) is 3.16. The number of amides is 1. The maximum absolute atomic E-state index is 11.7. The lowest BCUT2D eigenvalue weighted by Crippen LogP contribution is -2.45. The molecule has 1 heterocycles. The number of aliphatic hydroxyl groups excluding tert-OH is 1. The molecule has 2 N–H and O–H groups in total. The third kappa shape index (κ3) is 3.78. The van der Waals surface area contributed by atoms with Gasteiger partial charge in [0.25, 0.3) is 0 Å². The zero-order valence-electron chi connectivity index (χ0n) is 9.76. The van der Waals surface area contributed by atoms with Gasteiger partial charge in [-0.25, -0.2) is 0 Å². The molecule has 0 spiro atoms. The van der Waals surface area contributed by atoms with E-state index in [2.05, 4.69) is 10.3 Å². The molecule has 0 unspecified atom stereocenters. The Bertz CT molecular complexity index is 353. The Morgan fingerprint density at radius 3 is 3.06 bits per heavy atom. The number of aromatic nitrogens is 1. The van der Waals surface area contributed by atoms with Crippen LogP contribution in [0.3, 0.4) is 0 Å². The van der Waals surface area contributed by atoms with E-state index in [0.29, 0.717) is 6.42 Å². The molecule has 1 aliphatic rings. The summed E-state index contributed by atoms with van der Waals surface area (Å²) in [5.74, 6) is 0.0318. The van der Waals surface area contributed by atoms with Crippen LogP contribution in [0, 0.1) is 0 Å². The highest BCUT2D eigenvalue weighted by atomic mass is 32.1. The summed E-state index contributed by atoms with van der Waals surface area (Å²) in [5, 5.41) is 12.7. The Morgan fingerprint density at radius 1 is 1.53 bits per heavy atom. The number of hydrogen-bond acceptors (Lipinski definition) is 4. The standard InChI is InChI=1S/C12H18N2O2S/c15-11-4-2-1-3-10(11)14-12(16)6-5-9-7-13-8-17-9/h7-8,10-11,15H,1-6H2,(H,14,16)/t10-,11-/m1/s1. The highest BCUT2D eigenvalue weighted by Gasteiger charge is 2.24. The van der Waals surface area contributed by atoms with Crippen LogP contribution in [0.4, 0.5) is 0 Å². The zero-order chi connectivity index (χ0) is 12.1. The van der Waals surface area contributed by atoms with Crippen molar-refractivity contribution in [1.29, 1.82) is 0 Å². The second-order valence-corrected chi connectivity index (χ2v) is 5.46. The molecular formula is C12H18N2O2S. The van der Waals surface area contributed by atoms with Crippen molar-refractivity contribution in [1.82, 2.24) is 10.3 Å². The molecule has 0 bridgehead atoms. The lowest BCUT2D eigenvalue weighted by molar-refractivity contribution is -0.123. The van der Waals surface area contributed by atoms with Gasteiger partial charge < -0.3 is 10.4 Å². The predicted molar refractivity (Wildman–Crippen MR) is 66.8 cm³/mol. The predicted octanol–water partition coefficient (Wildman–Crippen LogP) is 1.50. The van der Waals surface area contributed by atoms with E-state index in [1.54, 1.807) is 23.0 Å². The van der Waals surface area contributed by atoms with Gasteiger partial charge in [-0.05, 0) is 19.3 Å². The first-order valence-electron chi connectivity index (χ1n) is 6.10. The molecular weight excluding hydrogens is 236 g/mol. The first-order valence-corrected chi connectivity index (χ1v) is 6.98. The Balaban J connectivity index is 1.73. The second kappa shape index (κ2) is 6.12. The van der Waals surface area contributed by atoms with Crippen molar-refractivity contribution in [2.24, 2.45) is 0 Å². The van der Waals surface area contributed by atoms with Crippen LogP contribution < -0.4 is 5.32 Å². The normalized spacial score (nSPS) is 24.5. The average molecular weight is 254 g/mol. The summed E-state index contributed by atoms with van der Waals surface area (Å²) in [7, 11) is 0. The summed E-state index contributed by atoms with van der Waals surface area (Å²) >= 11 is 1.57. The minimum absolute atomic E-state index is 0.0318. The molecule has 0 aliphatic heterocycles. The Kier molecular flexibility index (Phi) is 4.50. The van der Waals surface area contributed by atoms with Gasteiger partial charge in [0.15, 0.2) is 0 Å². The van der Waals surface area contributed by atoms with E-state index >= 15 is 0 Å². The molecule has 0 saturated heterocycles. The molecule has 1 amide bonds. The molecule has 1 fully saturated rings. The lowest BCUT2D eigenvalue weighted by Gasteiger charge is -2.28. The number of carbonyl (C=O) groups is 1. The van der Waals surface area contributed by atoms with Crippen LogP contribution in [-0.2, 0) is 11.2 Å². The fraction of sp³-hybridized carbons (Fsp3) is 0.667. The van der Waals surface area contributed by atoms with E-state index < -0.39 is 0 Å². The van der Waals surface area contributed by atoms with Gasteiger partial charge in [0.05, 0.1) is 17.7 Å². The van der Waals surface area contributed by atoms with Gasteiger partial charge in [0.1, 0.15) is 0 Å². The van der Waals surface area contributed by atoms with Gasteiger partial charge in [-0.15, -0.1) is 11.3 Å². The summed E-state index contributed by atoms with van der Waals surface area (Å²) < 4.78 is 0. The van der Waals surface area contributed by atoms with Gasteiger partial charge in [-0.2, -0.15) is 0 Å². The van der Waals surface area contributed by atoms with Gasteiger partial charge in [0, 0.05) is 17.5 Å². The van der Waals surface area contributed by atoms with E-state index in [1.807, 2.05) is 0 Å².